The molecule has 0 saturated carbocycles. The van der Waals surface area contributed by atoms with Crippen LogP contribution in [0, 0.1) is 24.2 Å². The third-order valence-electron chi connectivity index (χ3n) is 6.67. The number of allylic oxidation sites excluding steroid dienone is 3. The molecule has 0 radical (unpaired) electrons. The fourth-order valence-electron chi connectivity index (χ4n) is 4.09. The molecule has 0 spiro atoms. The Morgan fingerprint density at radius 2 is 1.85 bits per heavy atom. The maximum Gasteiger partial charge on any atom is 0.309 e. The highest BCUT2D eigenvalue weighted by atomic mass is 16.5. The molecule has 2 N–H and O–H groups in total. The number of aliphatic hydroxyl groups is 2. The molecule has 5 atom stereocenters. The van der Waals surface area contributed by atoms with Crippen molar-refractivity contribution in [3.63, 3.8) is 0 Å². The number of oxazole rings is 1. The summed E-state index contributed by atoms with van der Waals surface area (Å²) in [5, 5.41) is 21.5. The fourth-order valence-corrected chi connectivity index (χ4v) is 4.09. The summed E-state index contributed by atoms with van der Waals surface area (Å²) in [6.07, 6.45) is 7.33. The molecule has 0 bridgehead atoms. The zero-order chi connectivity index (χ0) is 25.6. The van der Waals surface area contributed by atoms with Crippen LogP contribution in [-0.2, 0) is 14.3 Å². The third kappa shape index (κ3) is 7.24. The van der Waals surface area contributed by atoms with Crippen molar-refractivity contribution in [3.05, 3.63) is 47.2 Å². The molecule has 1 aliphatic heterocycles. The lowest BCUT2D eigenvalue weighted by Gasteiger charge is -2.34. The van der Waals surface area contributed by atoms with Crippen LogP contribution in [0.1, 0.15) is 72.4 Å². The Morgan fingerprint density at radius 1 is 1.18 bits per heavy atom. The lowest BCUT2D eigenvalue weighted by Crippen LogP contribution is -2.45. The molecule has 34 heavy (non-hydrogen) atoms. The number of nitrogens with zero attached hydrogens (tertiary/aromatic N) is 1. The number of aliphatic hydroxyl groups excluding tert-OH is 2. The second-order valence-electron chi connectivity index (χ2n) is 10.0. The number of aromatic nitrogens is 1. The Kier molecular flexibility index (Phi) is 9.59. The predicted molar refractivity (Wildman–Crippen MR) is 131 cm³/mol. The van der Waals surface area contributed by atoms with E-state index in [0.29, 0.717) is 24.4 Å². The molecule has 7 heteroatoms. The third-order valence-corrected chi connectivity index (χ3v) is 6.67. The van der Waals surface area contributed by atoms with Crippen molar-refractivity contribution in [2.75, 3.05) is 0 Å². The maximum atomic E-state index is 13.1. The fraction of sp³-hybridized carbons (Fsp3) is 0.593. The number of hydrogen-bond acceptors (Lipinski definition) is 7. The van der Waals surface area contributed by atoms with Crippen LogP contribution in [0.5, 0.6) is 0 Å². The first-order chi connectivity index (χ1) is 15.8. The van der Waals surface area contributed by atoms with Gasteiger partial charge in [0.15, 0.2) is 5.89 Å². The van der Waals surface area contributed by atoms with Gasteiger partial charge in [-0.2, -0.15) is 0 Å². The van der Waals surface area contributed by atoms with Gasteiger partial charge in [-0.05, 0) is 37.8 Å². The van der Waals surface area contributed by atoms with E-state index >= 15 is 0 Å². The van der Waals surface area contributed by atoms with Crippen LogP contribution in [0.4, 0.5) is 0 Å². The molecule has 0 unspecified atom stereocenters. The van der Waals surface area contributed by atoms with Gasteiger partial charge in [0.2, 0.25) is 0 Å². The number of carbonyl (C=O) groups is 2. The number of Topliss-reactive ketones (excluding diaryl/α,β-unsaturated/α-hetero) is 1. The number of hydrogen-bond donors (Lipinski definition) is 2. The predicted octanol–water partition coefficient (Wildman–Crippen LogP) is 4.57. The maximum absolute atomic E-state index is 13.1. The smallest absolute Gasteiger partial charge is 0.309 e. The topological polar surface area (TPSA) is 110 Å². The minimum absolute atomic E-state index is 0.141. The Morgan fingerprint density at radius 3 is 2.47 bits per heavy atom. The summed E-state index contributed by atoms with van der Waals surface area (Å²) < 4.78 is 11.0. The van der Waals surface area contributed by atoms with Gasteiger partial charge in [-0.1, -0.05) is 51.5 Å². The number of aryl methyl sites for hydroxylation is 1. The molecule has 0 saturated heterocycles. The number of rotatable bonds is 2. The molecule has 1 aromatic heterocycles. The highest BCUT2D eigenvalue weighted by Crippen LogP contribution is 2.32. The van der Waals surface area contributed by atoms with Gasteiger partial charge in [0.05, 0.1) is 24.0 Å². The number of cyclic esters (lactones) is 1. The van der Waals surface area contributed by atoms with Gasteiger partial charge in [0.1, 0.15) is 23.8 Å². The zero-order valence-electron chi connectivity index (χ0n) is 21.4. The average molecular weight is 474 g/mol. The summed E-state index contributed by atoms with van der Waals surface area (Å²) in [6, 6.07) is 0. The largest absolute Gasteiger partial charge is 0.457 e. The first-order valence-corrected chi connectivity index (χ1v) is 11.9. The Labute approximate surface area is 202 Å². The highest BCUT2D eigenvalue weighted by Gasteiger charge is 2.42. The van der Waals surface area contributed by atoms with Crippen LogP contribution in [0.15, 0.2) is 40.1 Å². The number of ketones is 1. The van der Waals surface area contributed by atoms with Gasteiger partial charge < -0.3 is 19.4 Å². The molecule has 0 fully saturated rings. The lowest BCUT2D eigenvalue weighted by atomic mass is 9.73. The monoisotopic (exact) mass is 473 g/mol. The minimum Gasteiger partial charge on any atom is -0.457 e. The number of ether oxygens (including phenoxy) is 1. The summed E-state index contributed by atoms with van der Waals surface area (Å²) in [6.45, 7) is 12.3. The van der Waals surface area contributed by atoms with Crippen molar-refractivity contribution >= 4 is 17.8 Å². The number of esters is 1. The minimum atomic E-state index is -1.24. The van der Waals surface area contributed by atoms with Crippen LogP contribution < -0.4 is 0 Å². The molecule has 0 amide bonds. The van der Waals surface area contributed by atoms with Crippen LogP contribution in [0.2, 0.25) is 0 Å². The number of carbonyl (C=O) groups excluding carboxylic acids is 2. The lowest BCUT2D eigenvalue weighted by molar-refractivity contribution is -0.154. The van der Waals surface area contributed by atoms with Crippen molar-refractivity contribution in [1.29, 1.82) is 0 Å². The van der Waals surface area contributed by atoms with E-state index in [2.05, 4.69) is 4.98 Å². The van der Waals surface area contributed by atoms with Crippen LogP contribution in [-0.4, -0.2) is 45.3 Å². The second-order valence-corrected chi connectivity index (χ2v) is 10.0. The van der Waals surface area contributed by atoms with Gasteiger partial charge in [0.25, 0.3) is 0 Å². The van der Waals surface area contributed by atoms with Crippen LogP contribution >= 0.6 is 0 Å². The molecular weight excluding hydrogens is 434 g/mol. The van der Waals surface area contributed by atoms with Crippen molar-refractivity contribution in [1.82, 2.24) is 4.98 Å². The summed E-state index contributed by atoms with van der Waals surface area (Å²) in [5.41, 5.74) is 1.18. The first kappa shape index (κ1) is 27.7. The average Bonchev–Trinajstić information content (AvgIpc) is 3.18. The van der Waals surface area contributed by atoms with E-state index in [-0.39, 0.29) is 18.1 Å². The van der Waals surface area contributed by atoms with Gasteiger partial charge in [-0.25, -0.2) is 4.98 Å². The summed E-state index contributed by atoms with van der Waals surface area (Å²) in [7, 11) is 0. The van der Waals surface area contributed by atoms with E-state index in [4.69, 9.17) is 9.15 Å². The summed E-state index contributed by atoms with van der Waals surface area (Å²) >= 11 is 0. The molecule has 188 valence electrons. The van der Waals surface area contributed by atoms with Crippen molar-refractivity contribution in [2.24, 2.45) is 17.3 Å². The quantitative estimate of drug-likeness (QED) is 0.605. The van der Waals surface area contributed by atoms with E-state index < -0.39 is 35.6 Å². The normalized spacial score (nSPS) is 30.1. The Balaban J connectivity index is 2.38. The van der Waals surface area contributed by atoms with Gasteiger partial charge >= 0.3 is 5.97 Å². The van der Waals surface area contributed by atoms with Gasteiger partial charge in [-0.15, -0.1) is 0 Å². The van der Waals surface area contributed by atoms with E-state index in [1.165, 1.54) is 6.26 Å². The zero-order valence-corrected chi connectivity index (χ0v) is 21.4. The van der Waals surface area contributed by atoms with E-state index in [9.17, 15) is 19.8 Å². The van der Waals surface area contributed by atoms with E-state index in [1.54, 1.807) is 33.8 Å². The SMILES string of the molecule is CC1=CC[C@@H](/C(C)=C/c2coc(C)n2)OC(=O)C[C@H](O)C(C)(C)C(=O)[C@H](C)[C@@H](O)[C@@H](C)CC=C1. The van der Waals surface area contributed by atoms with Crippen molar-refractivity contribution in [3.8, 4) is 0 Å². The Hall–Kier alpha value is -2.51. The molecule has 0 aromatic carbocycles. The molecular formula is C27H39NO6. The van der Waals surface area contributed by atoms with Crippen molar-refractivity contribution < 1.29 is 29.0 Å². The highest BCUT2D eigenvalue weighted by molar-refractivity contribution is 5.88. The Bertz CT molecular complexity index is 954. The van der Waals surface area contributed by atoms with Crippen LogP contribution in [0.3, 0.4) is 0 Å². The standard InChI is InChI=1S/C27H39NO6/c1-16-9-8-10-17(2)25(31)19(4)26(32)27(6,7)23(29)14-24(30)34-22(12-11-16)18(3)13-21-15-33-20(5)28-21/h8-9,11,13,15,17,19,22-23,25,29,31H,10,12,14H2,1-7H3/b9-8?,16-11?,18-13+/t17-,19+,22-,23-,25-/m0/s1. The first-order valence-electron chi connectivity index (χ1n) is 11.9. The molecule has 2 heterocycles. The summed E-state index contributed by atoms with van der Waals surface area (Å²) in [5.74, 6) is -1.17. The molecule has 1 aliphatic rings. The molecule has 2 rings (SSSR count). The van der Waals surface area contributed by atoms with Gasteiger partial charge in [0, 0.05) is 19.3 Å². The van der Waals surface area contributed by atoms with Crippen molar-refractivity contribution in [2.45, 2.75) is 86.0 Å². The van der Waals surface area contributed by atoms with Gasteiger partial charge in [-0.3, -0.25) is 9.59 Å². The second kappa shape index (κ2) is 11.8. The molecule has 1 aromatic rings. The van der Waals surface area contributed by atoms with Crippen LogP contribution in [0.25, 0.3) is 6.08 Å². The molecule has 0 aliphatic carbocycles. The molecule has 7 nitrogen and oxygen atoms in total. The van der Waals surface area contributed by atoms with E-state index in [1.807, 2.05) is 39.0 Å². The van der Waals surface area contributed by atoms with E-state index in [0.717, 1.165) is 11.1 Å². The summed E-state index contributed by atoms with van der Waals surface area (Å²) in [4.78, 5) is 30.2.